The van der Waals surface area contributed by atoms with Crippen LogP contribution in [0.1, 0.15) is 46.5 Å². The number of hydrogen-bond acceptors (Lipinski definition) is 1. The smallest absolute Gasteiger partial charge is 0.0724 e. The summed E-state index contributed by atoms with van der Waals surface area (Å²) < 4.78 is 0. The quantitative estimate of drug-likeness (QED) is 0.568. The van der Waals surface area contributed by atoms with E-state index in [0.717, 1.165) is 6.42 Å². The van der Waals surface area contributed by atoms with E-state index in [1.165, 1.54) is 24.8 Å². The van der Waals surface area contributed by atoms with Crippen LogP contribution in [-0.2, 0) is 0 Å². The van der Waals surface area contributed by atoms with E-state index >= 15 is 0 Å². The monoisotopic (exact) mass is 180 g/mol. The molecule has 0 bridgehead atoms. The SMILES string of the molecule is CC1(C)CC2=CC(O)CCC2(C)C1. The van der Waals surface area contributed by atoms with Crippen LogP contribution >= 0.6 is 0 Å². The molecule has 2 aliphatic rings. The molecule has 0 aromatic rings. The Hall–Kier alpha value is -0.300. The lowest BCUT2D eigenvalue weighted by Gasteiger charge is -2.32. The van der Waals surface area contributed by atoms with Gasteiger partial charge in [-0.3, -0.25) is 0 Å². The second-order valence-corrected chi connectivity index (χ2v) is 5.88. The van der Waals surface area contributed by atoms with Gasteiger partial charge >= 0.3 is 0 Å². The molecule has 0 spiro atoms. The third-order valence-electron chi connectivity index (χ3n) is 3.70. The molecule has 2 atom stereocenters. The number of aliphatic hydroxyl groups excluding tert-OH is 1. The van der Waals surface area contributed by atoms with Crippen LogP contribution in [0.5, 0.6) is 0 Å². The highest BCUT2D eigenvalue weighted by Crippen LogP contribution is 2.56. The lowest BCUT2D eigenvalue weighted by molar-refractivity contribution is 0.165. The molecular weight excluding hydrogens is 160 g/mol. The molecule has 74 valence electrons. The summed E-state index contributed by atoms with van der Waals surface area (Å²) in [4.78, 5) is 0. The highest BCUT2D eigenvalue weighted by molar-refractivity contribution is 5.25. The summed E-state index contributed by atoms with van der Waals surface area (Å²) in [6.07, 6.45) is 6.54. The first kappa shape index (κ1) is 9.26. The maximum atomic E-state index is 9.56. The first-order valence-corrected chi connectivity index (χ1v) is 5.31. The van der Waals surface area contributed by atoms with Crippen molar-refractivity contribution < 1.29 is 5.11 Å². The summed E-state index contributed by atoms with van der Waals surface area (Å²) in [7, 11) is 0. The van der Waals surface area contributed by atoms with Gasteiger partial charge in [0.15, 0.2) is 0 Å². The van der Waals surface area contributed by atoms with Crippen LogP contribution < -0.4 is 0 Å². The van der Waals surface area contributed by atoms with E-state index in [1.54, 1.807) is 0 Å². The summed E-state index contributed by atoms with van der Waals surface area (Å²) in [6, 6.07) is 0. The number of hydrogen-bond donors (Lipinski definition) is 1. The molecule has 1 heteroatoms. The van der Waals surface area contributed by atoms with Crippen LogP contribution in [0.3, 0.4) is 0 Å². The molecule has 0 aromatic heterocycles. The average molecular weight is 180 g/mol. The average Bonchev–Trinajstić information content (AvgIpc) is 2.18. The van der Waals surface area contributed by atoms with Crippen molar-refractivity contribution in [3.05, 3.63) is 11.6 Å². The Morgan fingerprint density at radius 1 is 1.38 bits per heavy atom. The molecular formula is C12H20O. The third kappa shape index (κ3) is 1.54. The number of rotatable bonds is 0. The number of allylic oxidation sites excluding steroid dienone is 1. The molecule has 0 amide bonds. The normalized spacial score (nSPS) is 42.8. The molecule has 0 radical (unpaired) electrons. The number of fused-ring (bicyclic) bond motifs is 1. The molecule has 1 saturated carbocycles. The van der Waals surface area contributed by atoms with Gasteiger partial charge in [-0.05, 0) is 36.5 Å². The molecule has 1 N–H and O–H groups in total. The Kier molecular flexibility index (Phi) is 1.85. The molecule has 0 heterocycles. The topological polar surface area (TPSA) is 20.2 Å². The van der Waals surface area contributed by atoms with E-state index < -0.39 is 0 Å². The van der Waals surface area contributed by atoms with Gasteiger partial charge in [0.2, 0.25) is 0 Å². The minimum atomic E-state index is -0.169. The van der Waals surface area contributed by atoms with Gasteiger partial charge in [-0.15, -0.1) is 0 Å². The maximum absolute atomic E-state index is 9.56. The second-order valence-electron chi connectivity index (χ2n) is 5.88. The highest BCUT2D eigenvalue weighted by atomic mass is 16.3. The van der Waals surface area contributed by atoms with E-state index in [9.17, 15) is 5.11 Å². The zero-order chi connectivity index (χ0) is 9.69. The zero-order valence-electron chi connectivity index (χ0n) is 8.93. The van der Waals surface area contributed by atoms with E-state index in [-0.39, 0.29) is 6.10 Å². The maximum Gasteiger partial charge on any atom is 0.0724 e. The Morgan fingerprint density at radius 2 is 2.08 bits per heavy atom. The fourth-order valence-electron chi connectivity index (χ4n) is 3.25. The van der Waals surface area contributed by atoms with Crippen LogP contribution in [0.15, 0.2) is 11.6 Å². The van der Waals surface area contributed by atoms with E-state index in [4.69, 9.17) is 0 Å². The van der Waals surface area contributed by atoms with Gasteiger partial charge in [0.05, 0.1) is 6.10 Å². The van der Waals surface area contributed by atoms with Gasteiger partial charge in [-0.25, -0.2) is 0 Å². The lowest BCUT2D eigenvalue weighted by atomic mass is 9.74. The van der Waals surface area contributed by atoms with Crippen molar-refractivity contribution in [1.82, 2.24) is 0 Å². The molecule has 0 aromatic carbocycles. The summed E-state index contributed by atoms with van der Waals surface area (Å²) in [5.74, 6) is 0. The summed E-state index contributed by atoms with van der Waals surface area (Å²) in [5, 5.41) is 9.56. The largest absolute Gasteiger partial charge is 0.389 e. The van der Waals surface area contributed by atoms with Gasteiger partial charge in [-0.1, -0.05) is 32.4 Å². The van der Waals surface area contributed by atoms with Crippen molar-refractivity contribution in [3.8, 4) is 0 Å². The lowest BCUT2D eigenvalue weighted by Crippen LogP contribution is -2.23. The molecule has 2 unspecified atom stereocenters. The van der Waals surface area contributed by atoms with Crippen molar-refractivity contribution in [3.63, 3.8) is 0 Å². The second kappa shape index (κ2) is 2.60. The molecule has 0 aliphatic heterocycles. The third-order valence-corrected chi connectivity index (χ3v) is 3.70. The summed E-state index contributed by atoms with van der Waals surface area (Å²) in [6.45, 7) is 7.03. The predicted octanol–water partition coefficient (Wildman–Crippen LogP) is 2.89. The fraction of sp³-hybridized carbons (Fsp3) is 0.833. The Labute approximate surface area is 80.8 Å². The number of aliphatic hydroxyl groups is 1. The minimum Gasteiger partial charge on any atom is -0.389 e. The molecule has 1 nitrogen and oxygen atoms in total. The molecule has 2 aliphatic carbocycles. The zero-order valence-corrected chi connectivity index (χ0v) is 8.93. The van der Waals surface area contributed by atoms with Crippen molar-refractivity contribution >= 4 is 0 Å². The standard InChI is InChI=1S/C12H20O/c1-11(2)7-9-6-10(13)4-5-12(9,3)8-11/h6,10,13H,4-5,7-8H2,1-3H3. The van der Waals surface area contributed by atoms with Gasteiger partial charge in [0.25, 0.3) is 0 Å². The van der Waals surface area contributed by atoms with Crippen molar-refractivity contribution in [2.75, 3.05) is 0 Å². The van der Waals surface area contributed by atoms with Gasteiger partial charge < -0.3 is 5.11 Å². The minimum absolute atomic E-state index is 0.169. The van der Waals surface area contributed by atoms with E-state index in [1.807, 2.05) is 0 Å². The molecule has 13 heavy (non-hydrogen) atoms. The summed E-state index contributed by atoms with van der Waals surface area (Å²) in [5.41, 5.74) is 2.36. The Morgan fingerprint density at radius 3 is 2.77 bits per heavy atom. The highest BCUT2D eigenvalue weighted by Gasteiger charge is 2.45. The van der Waals surface area contributed by atoms with Crippen LogP contribution in [0.25, 0.3) is 0 Å². The first-order chi connectivity index (χ1) is 5.91. The summed E-state index contributed by atoms with van der Waals surface area (Å²) >= 11 is 0. The van der Waals surface area contributed by atoms with E-state index in [2.05, 4.69) is 26.8 Å². The molecule has 0 saturated heterocycles. The van der Waals surface area contributed by atoms with E-state index in [0.29, 0.717) is 10.8 Å². The molecule has 2 rings (SSSR count). The van der Waals surface area contributed by atoms with Gasteiger partial charge in [0.1, 0.15) is 0 Å². The molecule has 1 fully saturated rings. The van der Waals surface area contributed by atoms with Crippen LogP contribution in [-0.4, -0.2) is 11.2 Å². The van der Waals surface area contributed by atoms with Gasteiger partial charge in [0, 0.05) is 0 Å². The predicted molar refractivity (Wildman–Crippen MR) is 54.4 cm³/mol. The van der Waals surface area contributed by atoms with Crippen LogP contribution in [0.2, 0.25) is 0 Å². The van der Waals surface area contributed by atoms with Crippen molar-refractivity contribution in [1.29, 1.82) is 0 Å². The fourth-order valence-corrected chi connectivity index (χ4v) is 3.25. The van der Waals surface area contributed by atoms with Crippen molar-refractivity contribution in [2.24, 2.45) is 10.8 Å². The Balaban J connectivity index is 2.30. The van der Waals surface area contributed by atoms with Crippen LogP contribution in [0.4, 0.5) is 0 Å². The first-order valence-electron chi connectivity index (χ1n) is 5.31. The Bertz CT molecular complexity index is 252. The van der Waals surface area contributed by atoms with Crippen LogP contribution in [0, 0.1) is 10.8 Å². The van der Waals surface area contributed by atoms with Crippen molar-refractivity contribution in [2.45, 2.75) is 52.6 Å². The van der Waals surface area contributed by atoms with Gasteiger partial charge in [-0.2, -0.15) is 0 Å².